The van der Waals surface area contributed by atoms with Crippen LogP contribution in [-0.2, 0) is 4.79 Å². The predicted molar refractivity (Wildman–Crippen MR) is 68.9 cm³/mol. The van der Waals surface area contributed by atoms with Gasteiger partial charge < -0.3 is 10.6 Å². The van der Waals surface area contributed by atoms with Gasteiger partial charge in [-0.15, -0.1) is 0 Å². The van der Waals surface area contributed by atoms with Gasteiger partial charge in [0.05, 0.1) is 0 Å². The average molecular weight is 239 g/mol. The van der Waals surface area contributed by atoms with Crippen LogP contribution in [0.3, 0.4) is 0 Å². The quantitative estimate of drug-likeness (QED) is 0.644. The van der Waals surface area contributed by atoms with Gasteiger partial charge >= 0.3 is 0 Å². The summed E-state index contributed by atoms with van der Waals surface area (Å²) >= 11 is 0. The van der Waals surface area contributed by atoms with Gasteiger partial charge in [-0.05, 0) is 45.7 Å². The van der Waals surface area contributed by atoms with Crippen LogP contribution in [0.5, 0.6) is 0 Å². The Morgan fingerprint density at radius 1 is 1.35 bits per heavy atom. The molecule has 2 rings (SSSR count). The first-order valence-corrected chi connectivity index (χ1v) is 7.00. The van der Waals surface area contributed by atoms with Gasteiger partial charge in [-0.25, -0.2) is 0 Å². The number of nitrogens with one attached hydrogen (secondary N) is 2. The van der Waals surface area contributed by atoms with Crippen LogP contribution in [0.1, 0.15) is 39.0 Å². The fraction of sp³-hybridized carbons (Fsp3) is 0.923. The minimum atomic E-state index is 0.203. The number of hydrogen-bond donors (Lipinski definition) is 2. The van der Waals surface area contributed by atoms with Crippen molar-refractivity contribution >= 4 is 5.91 Å². The third kappa shape index (κ3) is 4.64. The highest BCUT2D eigenvalue weighted by molar-refractivity contribution is 5.76. The van der Waals surface area contributed by atoms with Crippen LogP contribution < -0.4 is 10.6 Å². The Labute approximate surface area is 104 Å². The monoisotopic (exact) mass is 239 g/mol. The van der Waals surface area contributed by atoms with Gasteiger partial charge in [-0.2, -0.15) is 0 Å². The van der Waals surface area contributed by atoms with Crippen LogP contribution in [-0.4, -0.2) is 49.1 Å². The van der Waals surface area contributed by atoms with Crippen molar-refractivity contribution in [1.29, 1.82) is 0 Å². The maximum absolute atomic E-state index is 11.4. The van der Waals surface area contributed by atoms with Crippen molar-refractivity contribution < 1.29 is 4.79 Å². The van der Waals surface area contributed by atoms with Crippen molar-refractivity contribution in [1.82, 2.24) is 15.5 Å². The van der Waals surface area contributed by atoms with E-state index in [0.717, 1.165) is 13.1 Å². The summed E-state index contributed by atoms with van der Waals surface area (Å²) in [6.07, 6.45) is 5.64. The molecule has 2 N–H and O–H groups in total. The SMILES string of the molecule is CC(CNCCC(=O)NC1CC1)N1CCCC1. The van der Waals surface area contributed by atoms with Crippen molar-refractivity contribution in [2.24, 2.45) is 0 Å². The van der Waals surface area contributed by atoms with Gasteiger partial charge in [0.1, 0.15) is 0 Å². The van der Waals surface area contributed by atoms with E-state index in [-0.39, 0.29) is 5.91 Å². The molecule has 0 aromatic heterocycles. The molecular weight excluding hydrogens is 214 g/mol. The van der Waals surface area contributed by atoms with Crippen LogP contribution in [0.4, 0.5) is 0 Å². The number of carbonyl (C=O) groups excluding carboxylic acids is 1. The normalized spacial score (nSPS) is 22.6. The molecule has 0 aromatic carbocycles. The molecule has 0 bridgehead atoms. The lowest BCUT2D eigenvalue weighted by atomic mass is 10.3. The second-order valence-corrected chi connectivity index (χ2v) is 5.39. The highest BCUT2D eigenvalue weighted by atomic mass is 16.1. The molecule has 17 heavy (non-hydrogen) atoms. The topological polar surface area (TPSA) is 44.4 Å². The maximum atomic E-state index is 11.4. The van der Waals surface area contributed by atoms with Crippen LogP contribution in [0, 0.1) is 0 Å². The van der Waals surface area contributed by atoms with Crippen molar-refractivity contribution in [2.75, 3.05) is 26.2 Å². The first-order valence-electron chi connectivity index (χ1n) is 7.00. The molecule has 0 aromatic rings. The van der Waals surface area contributed by atoms with Gasteiger partial charge in [0.2, 0.25) is 5.91 Å². The van der Waals surface area contributed by atoms with Gasteiger partial charge in [0.15, 0.2) is 0 Å². The summed E-state index contributed by atoms with van der Waals surface area (Å²) < 4.78 is 0. The standard InChI is InChI=1S/C13H25N3O/c1-11(16-8-2-3-9-16)10-14-7-6-13(17)15-12-4-5-12/h11-12,14H,2-10H2,1H3,(H,15,17). The van der Waals surface area contributed by atoms with Crippen molar-refractivity contribution in [2.45, 2.75) is 51.1 Å². The molecule has 1 aliphatic carbocycles. The fourth-order valence-corrected chi connectivity index (χ4v) is 2.35. The molecule has 1 unspecified atom stereocenters. The third-order valence-electron chi connectivity index (χ3n) is 3.68. The summed E-state index contributed by atoms with van der Waals surface area (Å²) in [5.41, 5.74) is 0. The highest BCUT2D eigenvalue weighted by Crippen LogP contribution is 2.18. The second kappa shape index (κ2) is 6.36. The van der Waals surface area contributed by atoms with E-state index in [9.17, 15) is 4.79 Å². The molecule has 1 amide bonds. The molecule has 2 aliphatic rings. The van der Waals surface area contributed by atoms with E-state index in [4.69, 9.17) is 0 Å². The number of nitrogens with zero attached hydrogens (tertiary/aromatic N) is 1. The number of carbonyl (C=O) groups is 1. The lowest BCUT2D eigenvalue weighted by molar-refractivity contribution is -0.121. The maximum Gasteiger partial charge on any atom is 0.221 e. The van der Waals surface area contributed by atoms with E-state index >= 15 is 0 Å². The Bertz CT molecular complexity index is 247. The largest absolute Gasteiger partial charge is 0.353 e. The van der Waals surface area contributed by atoms with E-state index in [1.807, 2.05) is 0 Å². The molecule has 0 spiro atoms. The summed E-state index contributed by atoms with van der Waals surface area (Å²) in [5.74, 6) is 0.203. The first-order chi connectivity index (χ1) is 8.25. The van der Waals surface area contributed by atoms with E-state index in [0.29, 0.717) is 18.5 Å². The van der Waals surface area contributed by atoms with Gasteiger partial charge in [-0.3, -0.25) is 9.69 Å². The molecule has 4 heteroatoms. The van der Waals surface area contributed by atoms with Crippen molar-refractivity contribution in [3.63, 3.8) is 0 Å². The Kier molecular flexibility index (Phi) is 4.80. The zero-order chi connectivity index (χ0) is 12.1. The second-order valence-electron chi connectivity index (χ2n) is 5.39. The number of rotatable bonds is 7. The van der Waals surface area contributed by atoms with Crippen molar-refractivity contribution in [3.05, 3.63) is 0 Å². The summed E-state index contributed by atoms with van der Waals surface area (Å²) in [6, 6.07) is 1.09. The summed E-state index contributed by atoms with van der Waals surface area (Å²) in [5, 5.41) is 6.39. The Morgan fingerprint density at radius 3 is 2.71 bits per heavy atom. The van der Waals surface area contributed by atoms with Crippen LogP contribution in [0.25, 0.3) is 0 Å². The Hall–Kier alpha value is -0.610. The van der Waals surface area contributed by atoms with E-state index < -0.39 is 0 Å². The van der Waals surface area contributed by atoms with E-state index in [2.05, 4.69) is 22.5 Å². The molecule has 4 nitrogen and oxygen atoms in total. The molecule has 1 aliphatic heterocycles. The molecule has 1 heterocycles. The number of hydrogen-bond acceptors (Lipinski definition) is 3. The smallest absolute Gasteiger partial charge is 0.221 e. The Morgan fingerprint density at radius 2 is 2.06 bits per heavy atom. The predicted octanol–water partition coefficient (Wildman–Crippen LogP) is 0.729. The lowest BCUT2D eigenvalue weighted by Crippen LogP contribution is -2.39. The van der Waals surface area contributed by atoms with Crippen LogP contribution in [0.2, 0.25) is 0 Å². The van der Waals surface area contributed by atoms with Crippen LogP contribution >= 0.6 is 0 Å². The van der Waals surface area contributed by atoms with E-state index in [1.54, 1.807) is 0 Å². The van der Waals surface area contributed by atoms with Crippen LogP contribution in [0.15, 0.2) is 0 Å². The first kappa shape index (κ1) is 12.8. The average Bonchev–Trinajstić information content (AvgIpc) is 2.96. The molecule has 1 saturated heterocycles. The summed E-state index contributed by atoms with van der Waals surface area (Å²) in [6.45, 7) is 6.55. The molecule has 1 saturated carbocycles. The third-order valence-corrected chi connectivity index (χ3v) is 3.68. The molecular formula is C13H25N3O. The minimum Gasteiger partial charge on any atom is -0.353 e. The highest BCUT2D eigenvalue weighted by Gasteiger charge is 2.22. The molecule has 0 radical (unpaired) electrons. The summed E-state index contributed by atoms with van der Waals surface area (Å²) in [7, 11) is 0. The number of amides is 1. The zero-order valence-corrected chi connectivity index (χ0v) is 10.9. The Balaban J connectivity index is 1.48. The summed E-state index contributed by atoms with van der Waals surface area (Å²) in [4.78, 5) is 14.0. The van der Waals surface area contributed by atoms with E-state index in [1.165, 1.54) is 38.8 Å². The molecule has 2 fully saturated rings. The molecule has 1 atom stereocenters. The zero-order valence-electron chi connectivity index (χ0n) is 10.9. The van der Waals surface area contributed by atoms with Crippen molar-refractivity contribution in [3.8, 4) is 0 Å². The lowest BCUT2D eigenvalue weighted by Gasteiger charge is -2.23. The number of likely N-dealkylation sites (tertiary alicyclic amines) is 1. The molecule has 98 valence electrons. The van der Waals surface area contributed by atoms with Gasteiger partial charge in [0, 0.05) is 31.6 Å². The van der Waals surface area contributed by atoms with Gasteiger partial charge in [-0.1, -0.05) is 0 Å². The minimum absolute atomic E-state index is 0.203. The fourth-order valence-electron chi connectivity index (χ4n) is 2.35. The van der Waals surface area contributed by atoms with Gasteiger partial charge in [0.25, 0.3) is 0 Å².